The van der Waals surface area contributed by atoms with Crippen LogP contribution >= 0.6 is 11.3 Å². The van der Waals surface area contributed by atoms with Gasteiger partial charge in [0.1, 0.15) is 22.8 Å². The number of rotatable bonds is 3. The number of amides is 1. The Morgan fingerprint density at radius 3 is 3.03 bits per heavy atom. The smallest absolute Gasteiger partial charge is 0.230 e. The minimum absolute atomic E-state index is 0.0415. The molecule has 1 aliphatic carbocycles. The Kier molecular flexibility index (Phi) is 4.91. The molecule has 0 bridgehead atoms. The summed E-state index contributed by atoms with van der Waals surface area (Å²) in [4.78, 5) is 31.1. The lowest BCUT2D eigenvalue weighted by molar-refractivity contribution is -0.120. The summed E-state index contributed by atoms with van der Waals surface area (Å²) in [5.41, 5.74) is 1.44. The van der Waals surface area contributed by atoms with Crippen molar-refractivity contribution in [2.75, 3.05) is 23.3 Å². The van der Waals surface area contributed by atoms with Gasteiger partial charge in [-0.3, -0.25) is 4.79 Å². The normalized spacial score (nSPS) is 21.8. The number of anilines is 2. The fraction of sp³-hybridized carbons (Fsp3) is 0.455. The van der Waals surface area contributed by atoms with Crippen LogP contribution in [0.2, 0.25) is 0 Å². The van der Waals surface area contributed by atoms with Crippen LogP contribution in [0.4, 0.5) is 11.6 Å². The van der Waals surface area contributed by atoms with E-state index in [9.17, 15) is 4.79 Å². The average Bonchev–Trinajstić information content (AvgIpc) is 3.12. The monoisotopic (exact) mass is 407 g/mol. The fourth-order valence-corrected chi connectivity index (χ4v) is 5.89. The van der Waals surface area contributed by atoms with Crippen LogP contribution < -0.4 is 10.2 Å². The quantitative estimate of drug-likeness (QED) is 0.709. The van der Waals surface area contributed by atoms with Gasteiger partial charge >= 0.3 is 0 Å². The van der Waals surface area contributed by atoms with E-state index in [4.69, 9.17) is 0 Å². The van der Waals surface area contributed by atoms with Gasteiger partial charge in [-0.05, 0) is 55.7 Å². The van der Waals surface area contributed by atoms with Crippen molar-refractivity contribution >= 4 is 39.1 Å². The zero-order valence-electron chi connectivity index (χ0n) is 16.6. The zero-order valence-corrected chi connectivity index (χ0v) is 17.4. The van der Waals surface area contributed by atoms with E-state index in [-0.39, 0.29) is 11.8 Å². The number of pyridine rings is 1. The van der Waals surface area contributed by atoms with Gasteiger partial charge in [0.05, 0.1) is 11.3 Å². The van der Waals surface area contributed by atoms with Gasteiger partial charge in [0, 0.05) is 24.2 Å². The number of piperidine rings is 1. The Morgan fingerprint density at radius 2 is 2.17 bits per heavy atom. The van der Waals surface area contributed by atoms with Crippen LogP contribution in [0.3, 0.4) is 0 Å². The van der Waals surface area contributed by atoms with Crippen LogP contribution in [0.15, 0.2) is 30.7 Å². The number of hydrogen-bond donors (Lipinski definition) is 1. The van der Waals surface area contributed by atoms with Crippen LogP contribution in [-0.4, -0.2) is 33.9 Å². The van der Waals surface area contributed by atoms with Crippen molar-refractivity contribution in [2.24, 2.45) is 11.8 Å². The molecule has 3 aromatic heterocycles. The molecule has 0 radical (unpaired) electrons. The molecular weight excluding hydrogens is 382 g/mol. The van der Waals surface area contributed by atoms with Crippen molar-refractivity contribution in [3.63, 3.8) is 0 Å². The number of carbonyl (C=O) groups is 1. The maximum Gasteiger partial charge on any atom is 0.230 e. The predicted molar refractivity (Wildman–Crippen MR) is 116 cm³/mol. The molecular formula is C22H25N5OS. The molecule has 3 aromatic rings. The van der Waals surface area contributed by atoms with E-state index in [0.29, 0.717) is 12.4 Å². The van der Waals surface area contributed by atoms with E-state index in [0.717, 1.165) is 48.8 Å². The van der Waals surface area contributed by atoms with Gasteiger partial charge in [-0.2, -0.15) is 0 Å². The van der Waals surface area contributed by atoms with Crippen LogP contribution in [0.1, 0.15) is 36.6 Å². The molecule has 0 unspecified atom stereocenters. The van der Waals surface area contributed by atoms with Crippen molar-refractivity contribution in [1.82, 2.24) is 15.0 Å². The Morgan fingerprint density at radius 1 is 1.24 bits per heavy atom. The van der Waals surface area contributed by atoms with Crippen LogP contribution in [0.5, 0.6) is 0 Å². The number of carbonyl (C=O) groups excluding carboxylic acids is 1. The van der Waals surface area contributed by atoms with Crippen molar-refractivity contribution in [3.8, 4) is 0 Å². The topological polar surface area (TPSA) is 71.0 Å². The lowest BCUT2D eigenvalue weighted by Gasteiger charge is -2.33. The number of nitrogens with zero attached hydrogens (tertiary/aromatic N) is 4. The minimum Gasteiger partial charge on any atom is -0.355 e. The molecule has 1 saturated heterocycles. The highest BCUT2D eigenvalue weighted by molar-refractivity contribution is 7.19. The maximum atomic E-state index is 12.8. The van der Waals surface area contributed by atoms with E-state index in [1.165, 1.54) is 22.2 Å². The van der Waals surface area contributed by atoms with Gasteiger partial charge in [-0.1, -0.05) is 13.0 Å². The van der Waals surface area contributed by atoms with E-state index < -0.39 is 0 Å². The molecule has 6 nitrogen and oxygen atoms in total. The van der Waals surface area contributed by atoms with Gasteiger partial charge in [0.25, 0.3) is 0 Å². The van der Waals surface area contributed by atoms with Crippen LogP contribution in [0, 0.1) is 11.8 Å². The van der Waals surface area contributed by atoms with Gasteiger partial charge in [0.2, 0.25) is 5.91 Å². The Balaban J connectivity index is 1.41. The number of aryl methyl sites for hydroxylation is 1. The molecule has 0 spiro atoms. The second kappa shape index (κ2) is 7.71. The molecule has 1 fully saturated rings. The molecule has 1 aliphatic heterocycles. The van der Waals surface area contributed by atoms with E-state index in [1.54, 1.807) is 12.5 Å². The lowest BCUT2D eigenvalue weighted by atomic mass is 9.89. The molecule has 0 saturated carbocycles. The van der Waals surface area contributed by atoms with Crippen molar-refractivity contribution < 1.29 is 4.79 Å². The van der Waals surface area contributed by atoms with Crippen LogP contribution in [-0.2, 0) is 17.6 Å². The summed E-state index contributed by atoms with van der Waals surface area (Å²) in [5.74, 6) is 2.34. The first kappa shape index (κ1) is 18.5. The molecule has 1 amide bonds. The molecule has 29 heavy (non-hydrogen) atoms. The SMILES string of the molecule is C[C@@H]1CCc2c(sc3ncnc(N4CCC[C@H](C(=O)Nc5ccccn5)C4)c23)C1. The van der Waals surface area contributed by atoms with E-state index >= 15 is 0 Å². The number of hydrogen-bond acceptors (Lipinski definition) is 6. The van der Waals surface area contributed by atoms with Gasteiger partial charge in [0.15, 0.2) is 0 Å². The molecule has 2 aliphatic rings. The first-order chi connectivity index (χ1) is 14.2. The Hall–Kier alpha value is -2.54. The average molecular weight is 408 g/mol. The second-order valence-electron chi connectivity index (χ2n) is 8.22. The first-order valence-corrected chi connectivity index (χ1v) is 11.2. The number of aromatic nitrogens is 3. The van der Waals surface area contributed by atoms with Crippen molar-refractivity contribution in [2.45, 2.75) is 39.0 Å². The molecule has 7 heteroatoms. The lowest BCUT2D eigenvalue weighted by Crippen LogP contribution is -2.41. The van der Waals surface area contributed by atoms with Crippen molar-refractivity contribution in [1.29, 1.82) is 0 Å². The highest BCUT2D eigenvalue weighted by atomic mass is 32.1. The molecule has 5 rings (SSSR count). The third kappa shape index (κ3) is 3.59. The largest absolute Gasteiger partial charge is 0.355 e. The third-order valence-corrected chi connectivity index (χ3v) is 7.24. The second-order valence-corrected chi connectivity index (χ2v) is 9.30. The molecule has 4 heterocycles. The van der Waals surface area contributed by atoms with E-state index in [1.807, 2.05) is 29.5 Å². The molecule has 2 atom stereocenters. The fourth-order valence-electron chi connectivity index (χ4n) is 4.55. The summed E-state index contributed by atoms with van der Waals surface area (Å²) in [5, 5.41) is 4.19. The summed E-state index contributed by atoms with van der Waals surface area (Å²) in [7, 11) is 0. The van der Waals surface area contributed by atoms with E-state index in [2.05, 4.69) is 32.1 Å². The minimum atomic E-state index is -0.0646. The first-order valence-electron chi connectivity index (χ1n) is 10.4. The third-order valence-electron chi connectivity index (χ3n) is 6.08. The van der Waals surface area contributed by atoms with Gasteiger partial charge in [-0.25, -0.2) is 15.0 Å². The maximum absolute atomic E-state index is 12.8. The number of fused-ring (bicyclic) bond motifs is 3. The summed E-state index contributed by atoms with van der Waals surface area (Å²) in [6, 6.07) is 5.56. The van der Waals surface area contributed by atoms with Gasteiger partial charge in [-0.15, -0.1) is 11.3 Å². The van der Waals surface area contributed by atoms with Crippen LogP contribution in [0.25, 0.3) is 10.2 Å². The number of thiophene rings is 1. The summed E-state index contributed by atoms with van der Waals surface area (Å²) in [6.45, 7) is 3.95. The Bertz CT molecular complexity index is 1030. The predicted octanol–water partition coefficient (Wildman–Crippen LogP) is 4.07. The van der Waals surface area contributed by atoms with Crippen molar-refractivity contribution in [3.05, 3.63) is 41.2 Å². The Labute approximate surface area is 174 Å². The summed E-state index contributed by atoms with van der Waals surface area (Å²) < 4.78 is 0. The molecule has 1 N–H and O–H groups in total. The zero-order chi connectivity index (χ0) is 19.8. The summed E-state index contributed by atoms with van der Waals surface area (Å²) >= 11 is 1.83. The standard InChI is InChI=1S/C22H25N5OS/c1-14-7-8-16-17(11-14)29-22-19(16)20(24-13-25-22)27-10-4-5-15(12-27)21(28)26-18-6-2-3-9-23-18/h2-3,6,9,13-15H,4-5,7-8,10-12H2,1H3,(H,23,26,28)/t14-,15+/m1/s1. The highest BCUT2D eigenvalue weighted by Crippen LogP contribution is 2.41. The summed E-state index contributed by atoms with van der Waals surface area (Å²) in [6.07, 6.45) is 8.72. The highest BCUT2D eigenvalue weighted by Gasteiger charge is 2.30. The molecule has 0 aromatic carbocycles. The number of nitrogens with one attached hydrogen (secondary N) is 1. The van der Waals surface area contributed by atoms with Gasteiger partial charge < -0.3 is 10.2 Å². The molecule has 150 valence electrons.